The number of nitrogens with zero attached hydrogens (tertiary/aromatic N) is 1. The van der Waals surface area contributed by atoms with Crippen LogP contribution >= 0.6 is 11.3 Å². The molecule has 0 unspecified atom stereocenters. The Labute approximate surface area is 123 Å². The first-order chi connectivity index (χ1) is 9.53. The Balaban J connectivity index is 2.18. The molecule has 0 atom stereocenters. The molecule has 5 nitrogen and oxygen atoms in total. The largest absolute Gasteiger partial charge is 0.313 e. The van der Waals surface area contributed by atoms with Crippen molar-refractivity contribution in [1.29, 1.82) is 0 Å². The summed E-state index contributed by atoms with van der Waals surface area (Å²) in [6.07, 6.45) is 1.63. The van der Waals surface area contributed by atoms with Crippen molar-refractivity contribution >= 4 is 27.0 Å². The third-order valence-corrected chi connectivity index (χ3v) is 5.58. The van der Waals surface area contributed by atoms with Gasteiger partial charge in [-0.1, -0.05) is 6.92 Å². The van der Waals surface area contributed by atoms with Gasteiger partial charge in [0.25, 0.3) is 10.0 Å². The average molecular weight is 311 g/mol. The molecule has 0 aliphatic heterocycles. The molecule has 0 spiro atoms. The number of aryl methyl sites for hydroxylation is 1. The summed E-state index contributed by atoms with van der Waals surface area (Å²) in [7, 11) is -3.54. The number of sulfonamides is 1. The molecule has 2 aromatic heterocycles. The first-order valence-electron chi connectivity index (χ1n) is 6.25. The van der Waals surface area contributed by atoms with E-state index in [0.717, 1.165) is 12.1 Å². The molecular formula is C13H17N3O2S2. The van der Waals surface area contributed by atoms with Gasteiger partial charge >= 0.3 is 0 Å². The minimum atomic E-state index is -3.54. The van der Waals surface area contributed by atoms with Gasteiger partial charge in [-0.3, -0.25) is 9.71 Å². The molecule has 0 saturated heterocycles. The fourth-order valence-corrected chi connectivity index (χ4v) is 3.97. The van der Waals surface area contributed by atoms with Crippen molar-refractivity contribution in [3.05, 3.63) is 41.0 Å². The Bertz CT molecular complexity index is 680. The molecule has 0 fully saturated rings. The SMILES string of the molecule is CCNCc1csc(S(=O)(=O)Nc2cccnc2C)c1. The van der Waals surface area contributed by atoms with Crippen molar-refractivity contribution in [2.75, 3.05) is 11.3 Å². The van der Waals surface area contributed by atoms with Gasteiger partial charge in [-0.15, -0.1) is 11.3 Å². The molecule has 0 bridgehead atoms. The summed E-state index contributed by atoms with van der Waals surface area (Å²) in [5.41, 5.74) is 2.13. The van der Waals surface area contributed by atoms with Crippen molar-refractivity contribution in [2.45, 2.75) is 24.6 Å². The van der Waals surface area contributed by atoms with Crippen LogP contribution in [0.2, 0.25) is 0 Å². The van der Waals surface area contributed by atoms with Gasteiger partial charge in [0.05, 0.1) is 11.4 Å². The van der Waals surface area contributed by atoms with Gasteiger partial charge in [-0.05, 0) is 42.6 Å². The van der Waals surface area contributed by atoms with Crippen LogP contribution in [0.5, 0.6) is 0 Å². The quantitative estimate of drug-likeness (QED) is 0.859. The van der Waals surface area contributed by atoms with Gasteiger partial charge in [-0.25, -0.2) is 8.42 Å². The Hall–Kier alpha value is -1.44. The summed E-state index contributed by atoms with van der Waals surface area (Å²) < 4.78 is 27.5. The van der Waals surface area contributed by atoms with Gasteiger partial charge in [0, 0.05) is 12.7 Å². The van der Waals surface area contributed by atoms with Crippen LogP contribution in [-0.2, 0) is 16.6 Å². The molecular weight excluding hydrogens is 294 g/mol. The predicted octanol–water partition coefficient (Wildman–Crippen LogP) is 2.36. The second-order valence-corrected chi connectivity index (χ2v) is 7.12. The number of thiophene rings is 1. The highest BCUT2D eigenvalue weighted by Gasteiger charge is 2.17. The van der Waals surface area contributed by atoms with Crippen LogP contribution in [0.4, 0.5) is 5.69 Å². The molecule has 108 valence electrons. The zero-order chi connectivity index (χ0) is 14.6. The highest BCUT2D eigenvalue weighted by Crippen LogP contribution is 2.23. The minimum absolute atomic E-state index is 0.314. The van der Waals surface area contributed by atoms with Crippen LogP contribution in [0.25, 0.3) is 0 Å². The Morgan fingerprint density at radius 2 is 2.20 bits per heavy atom. The molecule has 0 aliphatic carbocycles. The Morgan fingerprint density at radius 3 is 2.90 bits per heavy atom. The van der Waals surface area contributed by atoms with Crippen LogP contribution in [0, 0.1) is 6.92 Å². The van der Waals surface area contributed by atoms with E-state index in [1.807, 2.05) is 12.3 Å². The number of anilines is 1. The van der Waals surface area contributed by atoms with E-state index in [0.29, 0.717) is 22.1 Å². The van der Waals surface area contributed by atoms with Crippen molar-refractivity contribution in [3.8, 4) is 0 Å². The Morgan fingerprint density at radius 1 is 1.40 bits per heavy atom. The second-order valence-electron chi connectivity index (χ2n) is 4.30. The van der Waals surface area contributed by atoms with E-state index in [-0.39, 0.29) is 0 Å². The van der Waals surface area contributed by atoms with Crippen LogP contribution in [0.3, 0.4) is 0 Å². The van der Waals surface area contributed by atoms with E-state index in [4.69, 9.17) is 0 Å². The lowest BCUT2D eigenvalue weighted by Crippen LogP contribution is -2.13. The molecule has 2 rings (SSSR count). The van der Waals surface area contributed by atoms with Gasteiger partial charge in [0.1, 0.15) is 4.21 Å². The van der Waals surface area contributed by atoms with Crippen molar-refractivity contribution in [1.82, 2.24) is 10.3 Å². The number of aromatic nitrogens is 1. The summed E-state index contributed by atoms with van der Waals surface area (Å²) in [4.78, 5) is 4.07. The van der Waals surface area contributed by atoms with Crippen LogP contribution < -0.4 is 10.0 Å². The summed E-state index contributed by atoms with van der Waals surface area (Å²) in [5.74, 6) is 0. The lowest BCUT2D eigenvalue weighted by Gasteiger charge is -2.07. The van der Waals surface area contributed by atoms with Gasteiger partial charge < -0.3 is 5.32 Å². The summed E-state index contributed by atoms with van der Waals surface area (Å²) in [6, 6.07) is 5.10. The summed E-state index contributed by atoms with van der Waals surface area (Å²) in [5, 5.41) is 5.02. The molecule has 0 amide bonds. The van der Waals surface area contributed by atoms with Gasteiger partial charge in [-0.2, -0.15) is 0 Å². The molecule has 7 heteroatoms. The molecule has 2 aromatic rings. The normalized spacial score (nSPS) is 11.5. The van der Waals surface area contributed by atoms with E-state index in [1.165, 1.54) is 11.3 Å². The smallest absolute Gasteiger partial charge is 0.271 e. The van der Waals surface area contributed by atoms with E-state index in [1.54, 1.807) is 31.3 Å². The monoisotopic (exact) mass is 311 g/mol. The second kappa shape index (κ2) is 6.34. The number of hydrogen-bond acceptors (Lipinski definition) is 5. The maximum absolute atomic E-state index is 12.3. The van der Waals surface area contributed by atoms with Crippen LogP contribution in [-0.4, -0.2) is 19.9 Å². The van der Waals surface area contributed by atoms with Crippen LogP contribution in [0.1, 0.15) is 18.2 Å². The van der Waals surface area contributed by atoms with Crippen molar-refractivity contribution in [3.63, 3.8) is 0 Å². The number of hydrogen-bond donors (Lipinski definition) is 2. The lowest BCUT2D eigenvalue weighted by atomic mass is 10.3. The van der Waals surface area contributed by atoms with E-state index in [9.17, 15) is 8.42 Å². The first kappa shape index (κ1) is 15.0. The number of rotatable bonds is 6. The molecule has 2 N–H and O–H groups in total. The molecule has 20 heavy (non-hydrogen) atoms. The fourth-order valence-electron chi connectivity index (χ4n) is 1.64. The van der Waals surface area contributed by atoms with E-state index < -0.39 is 10.0 Å². The molecule has 2 heterocycles. The minimum Gasteiger partial charge on any atom is -0.313 e. The number of pyridine rings is 1. The maximum atomic E-state index is 12.3. The lowest BCUT2D eigenvalue weighted by molar-refractivity contribution is 0.603. The van der Waals surface area contributed by atoms with Crippen molar-refractivity contribution < 1.29 is 8.42 Å². The van der Waals surface area contributed by atoms with E-state index in [2.05, 4.69) is 15.0 Å². The predicted molar refractivity (Wildman–Crippen MR) is 81.5 cm³/mol. The van der Waals surface area contributed by atoms with Crippen molar-refractivity contribution in [2.24, 2.45) is 0 Å². The molecule has 0 aromatic carbocycles. The maximum Gasteiger partial charge on any atom is 0.271 e. The summed E-state index contributed by atoms with van der Waals surface area (Å²) in [6.45, 7) is 5.30. The molecule has 0 aliphatic rings. The fraction of sp³-hybridized carbons (Fsp3) is 0.308. The standard InChI is InChI=1S/C13H17N3O2S2/c1-3-14-8-11-7-13(19-9-11)20(17,18)16-12-5-4-6-15-10(12)2/h4-7,9,14,16H,3,8H2,1-2H3. The van der Waals surface area contributed by atoms with E-state index >= 15 is 0 Å². The topological polar surface area (TPSA) is 71.1 Å². The number of nitrogens with one attached hydrogen (secondary N) is 2. The Kier molecular flexibility index (Phi) is 4.74. The third kappa shape index (κ3) is 3.56. The average Bonchev–Trinajstić information content (AvgIpc) is 2.88. The first-order valence-corrected chi connectivity index (χ1v) is 8.62. The summed E-state index contributed by atoms with van der Waals surface area (Å²) >= 11 is 1.22. The van der Waals surface area contributed by atoms with Gasteiger partial charge in [0.15, 0.2) is 0 Å². The highest BCUT2D eigenvalue weighted by molar-refractivity contribution is 7.94. The van der Waals surface area contributed by atoms with Gasteiger partial charge in [0.2, 0.25) is 0 Å². The zero-order valence-electron chi connectivity index (χ0n) is 11.4. The zero-order valence-corrected chi connectivity index (χ0v) is 13.0. The third-order valence-electron chi connectivity index (χ3n) is 2.72. The molecule has 0 saturated carbocycles. The highest BCUT2D eigenvalue weighted by atomic mass is 32.2. The molecule has 0 radical (unpaired) electrons. The van der Waals surface area contributed by atoms with Crippen LogP contribution in [0.15, 0.2) is 34.0 Å².